The molecule has 0 aromatic heterocycles. The van der Waals surface area contributed by atoms with Gasteiger partial charge in [-0.3, -0.25) is 0 Å². The highest BCUT2D eigenvalue weighted by molar-refractivity contribution is 4.91. The van der Waals surface area contributed by atoms with Crippen LogP contribution in [0.3, 0.4) is 0 Å². The molecule has 1 N–H and O–H groups in total. The minimum Gasteiger partial charge on any atom is -0.390 e. The molecule has 15 heavy (non-hydrogen) atoms. The second-order valence-electron chi connectivity index (χ2n) is 3.88. The predicted molar refractivity (Wildman–Crippen MR) is 56.9 cm³/mol. The lowest BCUT2D eigenvalue weighted by Crippen LogP contribution is -2.53. The molecule has 0 aliphatic heterocycles. The highest BCUT2D eigenvalue weighted by Crippen LogP contribution is 2.26. The van der Waals surface area contributed by atoms with Crippen molar-refractivity contribution in [3.63, 3.8) is 0 Å². The first-order valence-electron chi connectivity index (χ1n) is 5.69. The van der Waals surface area contributed by atoms with Crippen molar-refractivity contribution in [3.05, 3.63) is 0 Å². The first-order chi connectivity index (χ1) is 7.29. The number of aliphatic hydroxyl groups is 1. The Balaban J connectivity index is 1.92. The van der Waals surface area contributed by atoms with Gasteiger partial charge < -0.3 is 19.3 Å². The number of ether oxygens (including phenoxy) is 3. The van der Waals surface area contributed by atoms with Crippen molar-refractivity contribution in [2.45, 2.75) is 44.5 Å². The van der Waals surface area contributed by atoms with Crippen molar-refractivity contribution < 1.29 is 19.3 Å². The highest BCUT2D eigenvalue weighted by atomic mass is 16.6. The van der Waals surface area contributed by atoms with Gasteiger partial charge in [-0.1, -0.05) is 13.3 Å². The van der Waals surface area contributed by atoms with E-state index >= 15 is 0 Å². The van der Waals surface area contributed by atoms with E-state index in [-0.39, 0.29) is 18.3 Å². The zero-order chi connectivity index (χ0) is 11.1. The lowest BCUT2D eigenvalue weighted by molar-refractivity contribution is -0.185. The number of hydrogen-bond donors (Lipinski definition) is 1. The molecular weight excluding hydrogens is 196 g/mol. The zero-order valence-corrected chi connectivity index (χ0v) is 9.65. The Morgan fingerprint density at radius 2 is 2.07 bits per heavy atom. The Hall–Kier alpha value is -0.160. The summed E-state index contributed by atoms with van der Waals surface area (Å²) in [6.07, 6.45) is 2.46. The molecule has 4 heteroatoms. The lowest BCUT2D eigenvalue weighted by Gasteiger charge is -2.39. The Kier molecular flexibility index (Phi) is 6.17. The number of rotatable bonds is 8. The van der Waals surface area contributed by atoms with Gasteiger partial charge in [-0.2, -0.15) is 0 Å². The molecule has 0 bridgehead atoms. The molecule has 0 aromatic carbocycles. The normalized spacial score (nSPS) is 30.2. The van der Waals surface area contributed by atoms with E-state index in [4.69, 9.17) is 14.2 Å². The van der Waals surface area contributed by atoms with Gasteiger partial charge >= 0.3 is 0 Å². The minimum absolute atomic E-state index is 0.0415. The molecule has 90 valence electrons. The Labute approximate surface area is 91.5 Å². The summed E-state index contributed by atoms with van der Waals surface area (Å²) in [5, 5.41) is 9.31. The molecule has 3 atom stereocenters. The summed E-state index contributed by atoms with van der Waals surface area (Å²) < 4.78 is 16.0. The van der Waals surface area contributed by atoms with Crippen molar-refractivity contribution >= 4 is 0 Å². The molecule has 1 saturated carbocycles. The predicted octanol–water partition coefficient (Wildman–Crippen LogP) is 0.968. The van der Waals surface area contributed by atoms with Crippen LogP contribution >= 0.6 is 0 Å². The second-order valence-corrected chi connectivity index (χ2v) is 3.88. The molecule has 0 radical (unpaired) electrons. The first kappa shape index (κ1) is 12.9. The van der Waals surface area contributed by atoms with Crippen LogP contribution < -0.4 is 0 Å². The van der Waals surface area contributed by atoms with E-state index in [1.165, 1.54) is 0 Å². The third-order valence-corrected chi connectivity index (χ3v) is 2.69. The van der Waals surface area contributed by atoms with Crippen LogP contribution in [0.1, 0.15) is 26.2 Å². The van der Waals surface area contributed by atoms with E-state index in [0.29, 0.717) is 19.6 Å². The molecule has 1 rings (SSSR count). The van der Waals surface area contributed by atoms with Crippen LogP contribution in [0.15, 0.2) is 0 Å². The fraction of sp³-hybridized carbons (Fsp3) is 1.00. The standard InChI is InChI=1S/C11H22O4/c1-3-4-5-14-6-7-15-10-8-9(12)11(10)13-2/h9-12H,3-8H2,1-2H3. The van der Waals surface area contributed by atoms with Crippen molar-refractivity contribution in [1.82, 2.24) is 0 Å². The average Bonchev–Trinajstić information content (AvgIpc) is 2.22. The Morgan fingerprint density at radius 3 is 2.67 bits per heavy atom. The molecule has 0 aromatic rings. The van der Waals surface area contributed by atoms with Crippen molar-refractivity contribution in [3.8, 4) is 0 Å². The zero-order valence-electron chi connectivity index (χ0n) is 9.65. The smallest absolute Gasteiger partial charge is 0.109 e. The maximum atomic E-state index is 9.31. The van der Waals surface area contributed by atoms with Gasteiger partial charge in [0.15, 0.2) is 0 Å². The van der Waals surface area contributed by atoms with Crippen LogP contribution in [-0.2, 0) is 14.2 Å². The summed E-state index contributed by atoms with van der Waals surface area (Å²) >= 11 is 0. The maximum Gasteiger partial charge on any atom is 0.109 e. The molecule has 0 heterocycles. The van der Waals surface area contributed by atoms with E-state index in [1.54, 1.807) is 7.11 Å². The summed E-state index contributed by atoms with van der Waals surface area (Å²) in [5.74, 6) is 0. The summed E-state index contributed by atoms with van der Waals surface area (Å²) in [6.45, 7) is 4.16. The third-order valence-electron chi connectivity index (χ3n) is 2.69. The second kappa shape index (κ2) is 7.17. The van der Waals surface area contributed by atoms with Crippen LogP contribution in [0.5, 0.6) is 0 Å². The summed E-state index contributed by atoms with van der Waals surface area (Å²) in [4.78, 5) is 0. The first-order valence-corrected chi connectivity index (χ1v) is 5.69. The molecule has 1 aliphatic rings. The van der Waals surface area contributed by atoms with Crippen LogP contribution in [-0.4, -0.2) is 50.3 Å². The average molecular weight is 218 g/mol. The van der Waals surface area contributed by atoms with E-state index in [1.807, 2.05) is 0 Å². The Bertz CT molecular complexity index is 163. The number of hydrogen-bond acceptors (Lipinski definition) is 4. The van der Waals surface area contributed by atoms with Crippen LogP contribution in [0.2, 0.25) is 0 Å². The van der Waals surface area contributed by atoms with Crippen LogP contribution in [0.25, 0.3) is 0 Å². The topological polar surface area (TPSA) is 47.9 Å². The molecule has 1 fully saturated rings. The van der Waals surface area contributed by atoms with Gasteiger partial charge in [-0.15, -0.1) is 0 Å². The molecule has 4 nitrogen and oxygen atoms in total. The molecule has 3 unspecified atom stereocenters. The fourth-order valence-corrected chi connectivity index (χ4v) is 1.64. The SMILES string of the molecule is CCCCOCCOC1CC(O)C1OC. The maximum absolute atomic E-state index is 9.31. The van der Waals surface area contributed by atoms with E-state index in [2.05, 4.69) is 6.92 Å². The van der Waals surface area contributed by atoms with Gasteiger partial charge in [-0.25, -0.2) is 0 Å². The molecule has 0 amide bonds. The third kappa shape index (κ3) is 4.07. The molecular formula is C11H22O4. The van der Waals surface area contributed by atoms with E-state index in [9.17, 15) is 5.11 Å². The van der Waals surface area contributed by atoms with Gasteiger partial charge in [-0.05, 0) is 6.42 Å². The van der Waals surface area contributed by atoms with Crippen LogP contribution in [0.4, 0.5) is 0 Å². The molecule has 0 saturated heterocycles. The number of methoxy groups -OCH3 is 1. The molecule has 1 aliphatic carbocycles. The quantitative estimate of drug-likeness (QED) is 0.617. The van der Waals surface area contributed by atoms with Gasteiger partial charge in [0.2, 0.25) is 0 Å². The van der Waals surface area contributed by atoms with Crippen molar-refractivity contribution in [2.24, 2.45) is 0 Å². The number of aliphatic hydroxyl groups excluding tert-OH is 1. The molecule has 0 spiro atoms. The minimum atomic E-state index is -0.360. The largest absolute Gasteiger partial charge is 0.390 e. The van der Waals surface area contributed by atoms with Crippen molar-refractivity contribution in [2.75, 3.05) is 26.9 Å². The van der Waals surface area contributed by atoms with Crippen LogP contribution in [0, 0.1) is 0 Å². The summed E-state index contributed by atoms with van der Waals surface area (Å²) in [6, 6.07) is 0. The van der Waals surface area contributed by atoms with E-state index in [0.717, 1.165) is 19.4 Å². The fourth-order valence-electron chi connectivity index (χ4n) is 1.64. The summed E-state index contributed by atoms with van der Waals surface area (Å²) in [7, 11) is 1.60. The van der Waals surface area contributed by atoms with Gasteiger partial charge in [0.1, 0.15) is 6.10 Å². The van der Waals surface area contributed by atoms with E-state index < -0.39 is 0 Å². The summed E-state index contributed by atoms with van der Waals surface area (Å²) in [5.41, 5.74) is 0. The monoisotopic (exact) mass is 218 g/mol. The van der Waals surface area contributed by atoms with Gasteiger partial charge in [0, 0.05) is 20.1 Å². The lowest BCUT2D eigenvalue weighted by atomic mass is 9.88. The van der Waals surface area contributed by atoms with Gasteiger partial charge in [0.25, 0.3) is 0 Å². The Morgan fingerprint density at radius 1 is 1.27 bits per heavy atom. The van der Waals surface area contributed by atoms with Crippen molar-refractivity contribution in [1.29, 1.82) is 0 Å². The number of unbranched alkanes of at least 4 members (excludes halogenated alkanes) is 1. The highest BCUT2D eigenvalue weighted by Gasteiger charge is 2.40. The van der Waals surface area contributed by atoms with Gasteiger partial charge in [0.05, 0.1) is 25.4 Å².